The number of nitro groups is 1. The Hall–Kier alpha value is -2.02. The smallest absolute Gasteiger partial charge is 0.294 e. The summed E-state index contributed by atoms with van der Waals surface area (Å²) in [5.41, 5.74) is 1.12. The summed E-state index contributed by atoms with van der Waals surface area (Å²) in [6, 6.07) is 4.77. The van der Waals surface area contributed by atoms with Crippen molar-refractivity contribution < 1.29 is 4.92 Å². The average Bonchev–Trinajstić information content (AvgIpc) is 2.36. The van der Waals surface area contributed by atoms with E-state index in [0.717, 1.165) is 5.56 Å². The molecule has 0 N–H and O–H groups in total. The van der Waals surface area contributed by atoms with E-state index in [1.165, 1.54) is 16.8 Å². The molecule has 0 unspecified atom stereocenters. The van der Waals surface area contributed by atoms with Crippen molar-refractivity contribution >= 4 is 21.6 Å². The SMILES string of the molecule is Cc1cnc(=O)n(Cc2ccc(Br)c([N+](=O)[O-])c2)c1. The molecule has 19 heavy (non-hydrogen) atoms. The Morgan fingerprint density at radius 1 is 1.47 bits per heavy atom. The highest BCUT2D eigenvalue weighted by Crippen LogP contribution is 2.25. The maximum atomic E-state index is 11.6. The van der Waals surface area contributed by atoms with Crippen LogP contribution in [0.3, 0.4) is 0 Å². The first-order valence-corrected chi connectivity index (χ1v) is 6.22. The third-order valence-corrected chi connectivity index (χ3v) is 3.21. The van der Waals surface area contributed by atoms with Crippen LogP contribution in [0.4, 0.5) is 5.69 Å². The fourth-order valence-corrected chi connectivity index (χ4v) is 2.06. The summed E-state index contributed by atoms with van der Waals surface area (Å²) in [5, 5.41) is 10.8. The monoisotopic (exact) mass is 323 g/mol. The van der Waals surface area contributed by atoms with Crippen LogP contribution in [0.15, 0.2) is 39.9 Å². The molecule has 1 aromatic heterocycles. The molecule has 0 bridgehead atoms. The molecular formula is C12H10BrN3O3. The van der Waals surface area contributed by atoms with Gasteiger partial charge in [0.25, 0.3) is 5.69 Å². The van der Waals surface area contributed by atoms with Crippen LogP contribution in [0.2, 0.25) is 0 Å². The Bertz CT molecular complexity index is 697. The number of aromatic nitrogens is 2. The summed E-state index contributed by atoms with van der Waals surface area (Å²) in [4.78, 5) is 25.7. The van der Waals surface area contributed by atoms with Crippen LogP contribution in [0.1, 0.15) is 11.1 Å². The van der Waals surface area contributed by atoms with Crippen molar-refractivity contribution in [1.82, 2.24) is 9.55 Å². The zero-order valence-electron chi connectivity index (χ0n) is 10.0. The molecule has 0 saturated carbocycles. The summed E-state index contributed by atoms with van der Waals surface area (Å²) >= 11 is 3.12. The van der Waals surface area contributed by atoms with Crippen LogP contribution in [-0.4, -0.2) is 14.5 Å². The maximum absolute atomic E-state index is 11.6. The van der Waals surface area contributed by atoms with Gasteiger partial charge in [-0.3, -0.25) is 14.7 Å². The van der Waals surface area contributed by atoms with Gasteiger partial charge in [0.05, 0.1) is 15.9 Å². The van der Waals surface area contributed by atoms with E-state index in [2.05, 4.69) is 20.9 Å². The second-order valence-corrected chi connectivity index (χ2v) is 4.94. The lowest BCUT2D eigenvalue weighted by atomic mass is 10.2. The van der Waals surface area contributed by atoms with E-state index < -0.39 is 4.92 Å². The number of benzene rings is 1. The fraction of sp³-hybridized carbons (Fsp3) is 0.167. The molecule has 0 fully saturated rings. The molecule has 98 valence electrons. The minimum absolute atomic E-state index is 0.0221. The normalized spacial score (nSPS) is 10.4. The summed E-state index contributed by atoms with van der Waals surface area (Å²) in [6.07, 6.45) is 3.16. The van der Waals surface area contributed by atoms with Gasteiger partial charge in [0.1, 0.15) is 0 Å². The van der Waals surface area contributed by atoms with E-state index >= 15 is 0 Å². The van der Waals surface area contributed by atoms with Crippen LogP contribution < -0.4 is 5.69 Å². The van der Waals surface area contributed by atoms with E-state index in [4.69, 9.17) is 0 Å². The Morgan fingerprint density at radius 3 is 2.89 bits per heavy atom. The first-order chi connectivity index (χ1) is 8.97. The molecule has 2 aromatic rings. The standard InChI is InChI=1S/C12H10BrN3O3/c1-8-5-14-12(17)15(6-8)7-9-2-3-10(13)11(4-9)16(18)19/h2-6H,7H2,1H3. The van der Waals surface area contributed by atoms with Crippen molar-refractivity contribution in [2.45, 2.75) is 13.5 Å². The highest BCUT2D eigenvalue weighted by Gasteiger charge is 2.12. The first kappa shape index (κ1) is 13.4. The van der Waals surface area contributed by atoms with Gasteiger partial charge in [-0.25, -0.2) is 9.78 Å². The number of hydrogen-bond acceptors (Lipinski definition) is 4. The molecule has 0 amide bonds. The van der Waals surface area contributed by atoms with E-state index in [1.807, 2.05) is 6.92 Å². The minimum atomic E-state index is -0.467. The Kier molecular flexibility index (Phi) is 3.75. The molecule has 0 spiro atoms. The third kappa shape index (κ3) is 3.05. The van der Waals surface area contributed by atoms with Crippen LogP contribution in [0, 0.1) is 17.0 Å². The summed E-state index contributed by atoms with van der Waals surface area (Å²) in [5.74, 6) is 0. The van der Waals surface area contributed by atoms with Gasteiger partial charge in [-0.1, -0.05) is 6.07 Å². The lowest BCUT2D eigenvalue weighted by molar-refractivity contribution is -0.385. The van der Waals surface area contributed by atoms with Crippen molar-refractivity contribution in [3.8, 4) is 0 Å². The van der Waals surface area contributed by atoms with Crippen LogP contribution >= 0.6 is 15.9 Å². The van der Waals surface area contributed by atoms with Crippen LogP contribution in [-0.2, 0) is 6.54 Å². The number of rotatable bonds is 3. The Morgan fingerprint density at radius 2 is 2.21 bits per heavy atom. The zero-order chi connectivity index (χ0) is 14.0. The summed E-state index contributed by atoms with van der Waals surface area (Å²) in [6.45, 7) is 2.08. The van der Waals surface area contributed by atoms with Crippen molar-refractivity contribution in [1.29, 1.82) is 0 Å². The quantitative estimate of drug-likeness (QED) is 0.641. The molecule has 1 aromatic carbocycles. The molecule has 0 atom stereocenters. The number of hydrogen-bond donors (Lipinski definition) is 0. The lowest BCUT2D eigenvalue weighted by Gasteiger charge is -2.06. The van der Waals surface area contributed by atoms with E-state index in [-0.39, 0.29) is 17.9 Å². The number of halogens is 1. The van der Waals surface area contributed by atoms with Gasteiger partial charge < -0.3 is 0 Å². The van der Waals surface area contributed by atoms with Crippen LogP contribution in [0.5, 0.6) is 0 Å². The lowest BCUT2D eigenvalue weighted by Crippen LogP contribution is -2.22. The second kappa shape index (κ2) is 5.31. The van der Waals surface area contributed by atoms with E-state index in [0.29, 0.717) is 10.0 Å². The van der Waals surface area contributed by atoms with Gasteiger partial charge in [0, 0.05) is 18.5 Å². The first-order valence-electron chi connectivity index (χ1n) is 5.43. The molecule has 2 rings (SSSR count). The van der Waals surface area contributed by atoms with E-state index in [9.17, 15) is 14.9 Å². The summed E-state index contributed by atoms with van der Waals surface area (Å²) in [7, 11) is 0. The molecule has 0 aliphatic carbocycles. The van der Waals surface area contributed by atoms with Crippen molar-refractivity contribution in [2.24, 2.45) is 0 Å². The molecule has 0 radical (unpaired) electrons. The average molecular weight is 324 g/mol. The molecule has 7 heteroatoms. The van der Waals surface area contributed by atoms with Crippen molar-refractivity contribution in [3.05, 3.63) is 66.8 Å². The topological polar surface area (TPSA) is 78.0 Å². The minimum Gasteiger partial charge on any atom is -0.294 e. The van der Waals surface area contributed by atoms with Crippen molar-refractivity contribution in [2.75, 3.05) is 0 Å². The Labute approximate surface area is 117 Å². The van der Waals surface area contributed by atoms with Gasteiger partial charge >= 0.3 is 5.69 Å². The van der Waals surface area contributed by atoms with Gasteiger partial charge in [-0.15, -0.1) is 0 Å². The van der Waals surface area contributed by atoms with E-state index in [1.54, 1.807) is 18.3 Å². The fourth-order valence-electron chi connectivity index (χ4n) is 1.67. The molecule has 0 aliphatic rings. The highest BCUT2D eigenvalue weighted by atomic mass is 79.9. The maximum Gasteiger partial charge on any atom is 0.347 e. The van der Waals surface area contributed by atoms with Gasteiger partial charge in [0.2, 0.25) is 0 Å². The number of nitro benzene ring substituents is 1. The highest BCUT2D eigenvalue weighted by molar-refractivity contribution is 9.10. The third-order valence-electron chi connectivity index (χ3n) is 2.54. The van der Waals surface area contributed by atoms with Crippen LogP contribution in [0.25, 0.3) is 0 Å². The molecule has 6 nitrogen and oxygen atoms in total. The molecule has 0 aliphatic heterocycles. The second-order valence-electron chi connectivity index (χ2n) is 4.08. The van der Waals surface area contributed by atoms with Gasteiger partial charge in [0.15, 0.2) is 0 Å². The Balaban J connectivity index is 2.39. The predicted molar refractivity (Wildman–Crippen MR) is 73.1 cm³/mol. The largest absolute Gasteiger partial charge is 0.347 e. The van der Waals surface area contributed by atoms with Gasteiger partial charge in [-0.2, -0.15) is 0 Å². The predicted octanol–water partition coefficient (Wildman–Crippen LogP) is 2.27. The molecule has 1 heterocycles. The number of nitrogens with zero attached hydrogens (tertiary/aromatic N) is 3. The van der Waals surface area contributed by atoms with Gasteiger partial charge in [-0.05, 0) is 40.0 Å². The molecule has 0 saturated heterocycles. The zero-order valence-corrected chi connectivity index (χ0v) is 11.6. The number of aryl methyl sites for hydroxylation is 1. The summed E-state index contributed by atoms with van der Waals surface area (Å²) < 4.78 is 1.83. The van der Waals surface area contributed by atoms with Crippen molar-refractivity contribution in [3.63, 3.8) is 0 Å². The molecular weight excluding hydrogens is 314 g/mol.